The molecule has 2 nitrogen and oxygen atoms in total. The number of esters is 1. The maximum absolute atomic E-state index is 12.3. The maximum atomic E-state index is 12.3. The lowest BCUT2D eigenvalue weighted by Gasteiger charge is -2.26. The SMILES string of the molecule is CCCCCC1CCC(C=CC#CC2CCC(OC(=O)c3ccc(C)cc3)CC2)CC1. The third kappa shape index (κ3) is 8.21. The summed E-state index contributed by atoms with van der Waals surface area (Å²) in [7, 11) is 0. The summed E-state index contributed by atoms with van der Waals surface area (Å²) in [5.74, 6) is 8.68. The molecule has 0 bridgehead atoms. The van der Waals surface area contributed by atoms with E-state index in [4.69, 9.17) is 4.74 Å². The van der Waals surface area contributed by atoms with Crippen LogP contribution in [0.3, 0.4) is 0 Å². The summed E-state index contributed by atoms with van der Waals surface area (Å²) >= 11 is 0. The van der Waals surface area contributed by atoms with E-state index >= 15 is 0 Å². The van der Waals surface area contributed by atoms with E-state index in [1.165, 1.54) is 51.4 Å². The van der Waals surface area contributed by atoms with Crippen molar-refractivity contribution in [1.29, 1.82) is 0 Å². The molecule has 0 radical (unpaired) electrons. The second-order valence-corrected chi connectivity index (χ2v) is 9.67. The second kappa shape index (κ2) is 12.7. The molecule has 0 amide bonds. The van der Waals surface area contributed by atoms with Gasteiger partial charge in [0.2, 0.25) is 0 Å². The minimum absolute atomic E-state index is 0.0370. The van der Waals surface area contributed by atoms with Crippen LogP contribution in [0.2, 0.25) is 0 Å². The molecular weight excluding hydrogens is 380 g/mol. The standard InChI is InChI=1S/C29H40O2/c1-3-4-5-8-24-13-15-25(16-14-24)9-6-7-10-26-17-21-28(22-18-26)31-29(30)27-19-11-23(2)12-20-27/h6,9,11-12,19-20,24-26,28H,3-5,8,13-18,21-22H2,1-2H3. The zero-order chi connectivity index (χ0) is 21.9. The van der Waals surface area contributed by atoms with E-state index in [1.807, 2.05) is 31.2 Å². The Morgan fingerprint density at radius 1 is 1.00 bits per heavy atom. The number of allylic oxidation sites excluding steroid dienone is 2. The highest BCUT2D eigenvalue weighted by molar-refractivity contribution is 5.89. The molecule has 2 heteroatoms. The van der Waals surface area contributed by atoms with Crippen molar-refractivity contribution in [3.63, 3.8) is 0 Å². The van der Waals surface area contributed by atoms with Crippen LogP contribution in [0.1, 0.15) is 99.9 Å². The Morgan fingerprint density at radius 3 is 2.39 bits per heavy atom. The summed E-state index contributed by atoms with van der Waals surface area (Å²) in [4.78, 5) is 12.3. The van der Waals surface area contributed by atoms with Crippen LogP contribution in [-0.2, 0) is 4.74 Å². The third-order valence-electron chi connectivity index (χ3n) is 7.08. The molecule has 0 aromatic heterocycles. The van der Waals surface area contributed by atoms with E-state index in [-0.39, 0.29) is 12.1 Å². The number of ether oxygens (including phenoxy) is 1. The van der Waals surface area contributed by atoms with Crippen molar-refractivity contribution in [3.8, 4) is 11.8 Å². The molecule has 31 heavy (non-hydrogen) atoms. The lowest BCUT2D eigenvalue weighted by molar-refractivity contribution is 0.0188. The molecule has 1 aromatic carbocycles. The first-order valence-corrected chi connectivity index (χ1v) is 12.6. The first-order chi connectivity index (χ1) is 15.1. The van der Waals surface area contributed by atoms with Crippen LogP contribution < -0.4 is 0 Å². The molecule has 168 valence electrons. The van der Waals surface area contributed by atoms with Gasteiger partial charge in [-0.3, -0.25) is 0 Å². The molecule has 2 aliphatic rings. The average Bonchev–Trinajstić information content (AvgIpc) is 2.79. The zero-order valence-electron chi connectivity index (χ0n) is 19.6. The van der Waals surface area contributed by atoms with Gasteiger partial charge in [0.1, 0.15) is 6.10 Å². The Morgan fingerprint density at radius 2 is 1.71 bits per heavy atom. The van der Waals surface area contributed by atoms with Gasteiger partial charge in [-0.1, -0.05) is 68.2 Å². The molecule has 2 aliphatic carbocycles. The Hall–Kier alpha value is -2.01. The molecule has 1 aromatic rings. The quantitative estimate of drug-likeness (QED) is 0.257. The van der Waals surface area contributed by atoms with Gasteiger partial charge in [0.15, 0.2) is 0 Å². The molecule has 2 saturated carbocycles. The van der Waals surface area contributed by atoms with Crippen LogP contribution >= 0.6 is 0 Å². The number of rotatable bonds is 7. The summed E-state index contributed by atoms with van der Waals surface area (Å²) in [6.45, 7) is 4.31. The van der Waals surface area contributed by atoms with Gasteiger partial charge < -0.3 is 4.74 Å². The van der Waals surface area contributed by atoms with Crippen LogP contribution in [-0.4, -0.2) is 12.1 Å². The van der Waals surface area contributed by atoms with Crippen molar-refractivity contribution in [3.05, 3.63) is 47.5 Å². The molecule has 3 rings (SSSR count). The molecule has 0 aliphatic heterocycles. The van der Waals surface area contributed by atoms with Crippen LogP contribution in [0.5, 0.6) is 0 Å². The topological polar surface area (TPSA) is 26.3 Å². The van der Waals surface area contributed by atoms with Gasteiger partial charge in [-0.15, -0.1) is 0 Å². The highest BCUT2D eigenvalue weighted by atomic mass is 16.5. The van der Waals surface area contributed by atoms with Gasteiger partial charge in [0, 0.05) is 5.92 Å². The normalized spacial score (nSPS) is 26.3. The number of hydrogen-bond donors (Lipinski definition) is 0. The number of aryl methyl sites for hydroxylation is 1. The zero-order valence-corrected chi connectivity index (χ0v) is 19.6. The number of hydrogen-bond acceptors (Lipinski definition) is 2. The van der Waals surface area contributed by atoms with Crippen molar-refractivity contribution in [2.75, 3.05) is 0 Å². The van der Waals surface area contributed by atoms with Gasteiger partial charge in [-0.05, 0) is 88.3 Å². The van der Waals surface area contributed by atoms with E-state index < -0.39 is 0 Å². The molecule has 0 atom stereocenters. The highest BCUT2D eigenvalue weighted by Crippen LogP contribution is 2.32. The average molecular weight is 421 g/mol. The molecule has 0 unspecified atom stereocenters. The van der Waals surface area contributed by atoms with Crippen LogP contribution in [0, 0.1) is 36.5 Å². The summed E-state index contributed by atoms with van der Waals surface area (Å²) in [6, 6.07) is 7.60. The Kier molecular flexibility index (Phi) is 9.73. The smallest absolute Gasteiger partial charge is 0.338 e. The van der Waals surface area contributed by atoms with Gasteiger partial charge in [-0.25, -0.2) is 4.79 Å². The number of unbranched alkanes of at least 4 members (excludes halogenated alkanes) is 2. The highest BCUT2D eigenvalue weighted by Gasteiger charge is 2.23. The molecule has 0 saturated heterocycles. The van der Waals surface area contributed by atoms with E-state index in [1.54, 1.807) is 0 Å². The second-order valence-electron chi connectivity index (χ2n) is 9.67. The van der Waals surface area contributed by atoms with Gasteiger partial charge >= 0.3 is 5.97 Å². The summed E-state index contributed by atoms with van der Waals surface area (Å²) in [6.07, 6.45) is 19.4. The fourth-order valence-electron chi connectivity index (χ4n) is 4.94. The van der Waals surface area contributed by atoms with E-state index in [0.29, 0.717) is 11.5 Å². The minimum Gasteiger partial charge on any atom is -0.459 e. The minimum atomic E-state index is -0.197. The molecule has 0 heterocycles. The predicted octanol–water partition coefficient (Wildman–Crippen LogP) is 7.66. The van der Waals surface area contributed by atoms with Crippen LogP contribution in [0.25, 0.3) is 0 Å². The molecular formula is C29H40O2. The van der Waals surface area contributed by atoms with E-state index in [2.05, 4.69) is 30.9 Å². The Balaban J connectivity index is 1.32. The number of benzene rings is 1. The maximum Gasteiger partial charge on any atom is 0.338 e. The fourth-order valence-corrected chi connectivity index (χ4v) is 4.94. The summed E-state index contributed by atoms with van der Waals surface area (Å²) in [5, 5.41) is 0. The number of carbonyl (C=O) groups excluding carboxylic acids is 1. The van der Waals surface area contributed by atoms with Crippen molar-refractivity contribution in [2.45, 2.75) is 97.0 Å². The van der Waals surface area contributed by atoms with Gasteiger partial charge in [-0.2, -0.15) is 0 Å². The van der Waals surface area contributed by atoms with Crippen LogP contribution in [0.15, 0.2) is 36.4 Å². The molecule has 0 spiro atoms. The first-order valence-electron chi connectivity index (χ1n) is 12.6. The van der Waals surface area contributed by atoms with E-state index in [0.717, 1.165) is 43.1 Å². The Labute approximate surface area is 189 Å². The van der Waals surface area contributed by atoms with E-state index in [9.17, 15) is 4.79 Å². The Bertz CT molecular complexity index is 748. The number of carbonyl (C=O) groups is 1. The first kappa shape index (κ1) is 23.6. The van der Waals surface area contributed by atoms with Crippen molar-refractivity contribution < 1.29 is 9.53 Å². The fraction of sp³-hybridized carbons (Fsp3) is 0.621. The summed E-state index contributed by atoms with van der Waals surface area (Å²) in [5.41, 5.74) is 1.80. The lowest BCUT2D eigenvalue weighted by atomic mass is 9.79. The third-order valence-corrected chi connectivity index (χ3v) is 7.08. The van der Waals surface area contributed by atoms with Crippen molar-refractivity contribution in [1.82, 2.24) is 0 Å². The van der Waals surface area contributed by atoms with Gasteiger partial charge in [0.05, 0.1) is 5.56 Å². The molecule has 2 fully saturated rings. The van der Waals surface area contributed by atoms with Gasteiger partial charge in [0.25, 0.3) is 0 Å². The predicted molar refractivity (Wildman–Crippen MR) is 129 cm³/mol. The van der Waals surface area contributed by atoms with Crippen LogP contribution in [0.4, 0.5) is 0 Å². The molecule has 0 N–H and O–H groups in total. The van der Waals surface area contributed by atoms with Crippen molar-refractivity contribution in [2.24, 2.45) is 17.8 Å². The monoisotopic (exact) mass is 420 g/mol. The summed E-state index contributed by atoms with van der Waals surface area (Å²) < 4.78 is 5.71. The largest absolute Gasteiger partial charge is 0.459 e. The lowest BCUT2D eigenvalue weighted by Crippen LogP contribution is -2.24. The van der Waals surface area contributed by atoms with Crippen molar-refractivity contribution >= 4 is 5.97 Å².